The second kappa shape index (κ2) is 7.09. The van der Waals surface area contributed by atoms with E-state index in [4.69, 9.17) is 14.2 Å². The summed E-state index contributed by atoms with van der Waals surface area (Å²) in [5, 5.41) is 1.80. The van der Waals surface area contributed by atoms with E-state index < -0.39 is 12.1 Å². The molecule has 0 spiro atoms. The Morgan fingerprint density at radius 2 is 1.73 bits per heavy atom. The van der Waals surface area contributed by atoms with Gasteiger partial charge in [0.25, 0.3) is 0 Å². The van der Waals surface area contributed by atoms with Gasteiger partial charge in [0.05, 0.1) is 19.1 Å². The molecule has 1 aromatic heterocycles. The van der Waals surface area contributed by atoms with Crippen LogP contribution >= 0.6 is 11.3 Å². The van der Waals surface area contributed by atoms with Gasteiger partial charge in [0, 0.05) is 18.6 Å². The highest BCUT2D eigenvalue weighted by molar-refractivity contribution is 7.12. The molecular formula is C16H16O5S. The Morgan fingerprint density at radius 1 is 1.09 bits per heavy atom. The molecule has 0 radical (unpaired) electrons. The quantitative estimate of drug-likeness (QED) is 0.604. The van der Waals surface area contributed by atoms with E-state index in [9.17, 15) is 9.59 Å². The van der Waals surface area contributed by atoms with Crippen molar-refractivity contribution in [3.8, 4) is 11.5 Å². The molecule has 1 atom stereocenters. The van der Waals surface area contributed by atoms with Crippen LogP contribution in [0.15, 0.2) is 35.7 Å². The van der Waals surface area contributed by atoms with Crippen molar-refractivity contribution in [2.45, 2.75) is 13.0 Å². The lowest BCUT2D eigenvalue weighted by molar-refractivity contribution is -0.144. The standard InChI is InChI=1S/C16H16O5S/c1-10(17)21-16(15(18)14-5-4-6-22-14)11-7-12(19-2)9-13(8-11)20-3/h4-9,16H,1-3H3. The second-order valence-corrected chi connectivity index (χ2v) is 5.42. The normalized spacial score (nSPS) is 11.6. The molecule has 0 aliphatic carbocycles. The van der Waals surface area contributed by atoms with Crippen molar-refractivity contribution in [1.82, 2.24) is 0 Å². The highest BCUT2D eigenvalue weighted by atomic mass is 32.1. The van der Waals surface area contributed by atoms with Crippen molar-refractivity contribution < 1.29 is 23.8 Å². The molecule has 2 aromatic rings. The Kier molecular flexibility index (Phi) is 5.16. The molecule has 1 heterocycles. The predicted octanol–water partition coefficient (Wildman–Crippen LogP) is 3.25. The molecule has 6 heteroatoms. The van der Waals surface area contributed by atoms with E-state index in [0.29, 0.717) is 21.9 Å². The third-order valence-electron chi connectivity index (χ3n) is 2.96. The first-order valence-corrected chi connectivity index (χ1v) is 7.41. The molecule has 0 saturated heterocycles. The minimum absolute atomic E-state index is 0.277. The number of rotatable bonds is 6. The predicted molar refractivity (Wildman–Crippen MR) is 82.7 cm³/mol. The van der Waals surface area contributed by atoms with Crippen LogP contribution in [0.25, 0.3) is 0 Å². The minimum atomic E-state index is -1.03. The highest BCUT2D eigenvalue weighted by Gasteiger charge is 2.27. The lowest BCUT2D eigenvalue weighted by Gasteiger charge is -2.17. The third kappa shape index (κ3) is 3.65. The van der Waals surface area contributed by atoms with Crippen LogP contribution in [0.4, 0.5) is 0 Å². The smallest absolute Gasteiger partial charge is 0.303 e. The van der Waals surface area contributed by atoms with Crippen molar-refractivity contribution in [1.29, 1.82) is 0 Å². The Morgan fingerprint density at radius 3 is 2.18 bits per heavy atom. The molecule has 0 aliphatic rings. The number of ether oxygens (including phenoxy) is 3. The zero-order valence-corrected chi connectivity index (χ0v) is 13.3. The van der Waals surface area contributed by atoms with Crippen molar-refractivity contribution in [2.24, 2.45) is 0 Å². The minimum Gasteiger partial charge on any atom is -0.497 e. The molecule has 0 bridgehead atoms. The number of hydrogen-bond donors (Lipinski definition) is 0. The fraction of sp³-hybridized carbons (Fsp3) is 0.250. The summed E-state index contributed by atoms with van der Waals surface area (Å²) >= 11 is 1.30. The van der Waals surface area contributed by atoms with Crippen LogP contribution < -0.4 is 9.47 Å². The van der Waals surface area contributed by atoms with Crippen LogP contribution in [0.3, 0.4) is 0 Å². The van der Waals surface area contributed by atoms with Crippen LogP contribution in [0.5, 0.6) is 11.5 Å². The molecule has 116 valence electrons. The summed E-state index contributed by atoms with van der Waals surface area (Å²) in [5.74, 6) is 0.230. The molecule has 0 N–H and O–H groups in total. The third-order valence-corrected chi connectivity index (χ3v) is 3.85. The lowest BCUT2D eigenvalue weighted by Crippen LogP contribution is -2.18. The summed E-state index contributed by atoms with van der Waals surface area (Å²) < 4.78 is 15.6. The number of hydrogen-bond acceptors (Lipinski definition) is 6. The van der Waals surface area contributed by atoms with Crippen LogP contribution in [0.1, 0.15) is 28.3 Å². The highest BCUT2D eigenvalue weighted by Crippen LogP contribution is 2.31. The summed E-state index contributed by atoms with van der Waals surface area (Å²) in [4.78, 5) is 24.5. The van der Waals surface area contributed by atoms with Crippen LogP contribution in [-0.4, -0.2) is 26.0 Å². The van der Waals surface area contributed by atoms with Crippen molar-refractivity contribution in [2.75, 3.05) is 14.2 Å². The summed E-state index contributed by atoms with van der Waals surface area (Å²) in [6.45, 7) is 1.27. The fourth-order valence-corrected chi connectivity index (χ4v) is 2.65. The number of carbonyl (C=O) groups is 2. The SMILES string of the molecule is COc1cc(OC)cc(C(OC(C)=O)C(=O)c2cccs2)c1. The van der Waals surface area contributed by atoms with Gasteiger partial charge in [-0.1, -0.05) is 6.07 Å². The first-order valence-electron chi connectivity index (χ1n) is 6.53. The Hall–Kier alpha value is -2.34. The largest absolute Gasteiger partial charge is 0.497 e. The number of methoxy groups -OCH3 is 2. The van der Waals surface area contributed by atoms with Gasteiger partial charge < -0.3 is 14.2 Å². The second-order valence-electron chi connectivity index (χ2n) is 4.48. The van der Waals surface area contributed by atoms with E-state index in [2.05, 4.69) is 0 Å². The Bertz CT molecular complexity index is 641. The molecule has 0 fully saturated rings. The maximum atomic E-state index is 12.6. The Labute approximate surface area is 132 Å². The van der Waals surface area contributed by atoms with Gasteiger partial charge in [-0.2, -0.15) is 0 Å². The van der Waals surface area contributed by atoms with Crippen molar-refractivity contribution >= 4 is 23.1 Å². The van der Waals surface area contributed by atoms with E-state index in [0.717, 1.165) is 0 Å². The summed E-state index contributed by atoms with van der Waals surface area (Å²) in [6, 6.07) is 8.46. The van der Waals surface area contributed by atoms with Gasteiger partial charge >= 0.3 is 5.97 Å². The average Bonchev–Trinajstić information content (AvgIpc) is 3.05. The zero-order valence-electron chi connectivity index (χ0n) is 12.5. The molecular weight excluding hydrogens is 304 g/mol. The first kappa shape index (κ1) is 16.0. The van der Waals surface area contributed by atoms with E-state index in [1.54, 1.807) is 35.7 Å². The van der Waals surface area contributed by atoms with Crippen molar-refractivity contribution in [3.63, 3.8) is 0 Å². The van der Waals surface area contributed by atoms with E-state index in [-0.39, 0.29) is 5.78 Å². The number of carbonyl (C=O) groups excluding carboxylic acids is 2. The van der Waals surface area contributed by atoms with Gasteiger partial charge in [0.15, 0.2) is 6.10 Å². The molecule has 0 amide bonds. The lowest BCUT2D eigenvalue weighted by atomic mass is 10.0. The maximum absolute atomic E-state index is 12.6. The summed E-state index contributed by atoms with van der Waals surface area (Å²) in [6.07, 6.45) is -1.03. The van der Waals surface area contributed by atoms with Gasteiger partial charge in [0.1, 0.15) is 11.5 Å². The number of esters is 1. The van der Waals surface area contributed by atoms with Gasteiger partial charge in [-0.25, -0.2) is 0 Å². The van der Waals surface area contributed by atoms with Crippen LogP contribution in [0, 0.1) is 0 Å². The van der Waals surface area contributed by atoms with Crippen LogP contribution in [0.2, 0.25) is 0 Å². The van der Waals surface area contributed by atoms with Crippen LogP contribution in [-0.2, 0) is 9.53 Å². The summed E-state index contributed by atoms with van der Waals surface area (Å²) in [7, 11) is 3.03. The van der Waals surface area contributed by atoms with E-state index in [1.807, 2.05) is 0 Å². The number of thiophene rings is 1. The monoisotopic (exact) mass is 320 g/mol. The number of benzene rings is 1. The average molecular weight is 320 g/mol. The number of ketones is 1. The topological polar surface area (TPSA) is 61.8 Å². The molecule has 22 heavy (non-hydrogen) atoms. The molecule has 0 aliphatic heterocycles. The summed E-state index contributed by atoms with van der Waals surface area (Å²) in [5.41, 5.74) is 0.504. The molecule has 1 unspecified atom stereocenters. The van der Waals surface area contributed by atoms with Gasteiger partial charge in [-0.15, -0.1) is 11.3 Å². The maximum Gasteiger partial charge on any atom is 0.303 e. The van der Waals surface area contributed by atoms with Gasteiger partial charge in [-0.05, 0) is 23.6 Å². The van der Waals surface area contributed by atoms with Crippen molar-refractivity contribution in [3.05, 3.63) is 46.2 Å². The molecule has 5 nitrogen and oxygen atoms in total. The molecule has 0 saturated carbocycles. The van der Waals surface area contributed by atoms with Gasteiger partial charge in [-0.3, -0.25) is 9.59 Å². The molecule has 1 aromatic carbocycles. The Balaban J connectivity index is 2.45. The zero-order chi connectivity index (χ0) is 16.1. The van der Waals surface area contributed by atoms with E-state index in [1.165, 1.54) is 32.5 Å². The van der Waals surface area contributed by atoms with Gasteiger partial charge in [0.2, 0.25) is 5.78 Å². The first-order chi connectivity index (χ1) is 10.5. The molecule has 2 rings (SSSR count). The number of Topliss-reactive ketones (excluding diaryl/α,β-unsaturated/α-hetero) is 1. The van der Waals surface area contributed by atoms with E-state index >= 15 is 0 Å². The fourth-order valence-electron chi connectivity index (χ4n) is 1.97.